The van der Waals surface area contributed by atoms with E-state index in [1.54, 1.807) is 42.5 Å². The first kappa shape index (κ1) is 24.3. The number of benzene rings is 3. The molecule has 0 unspecified atom stereocenters. The lowest BCUT2D eigenvalue weighted by Crippen LogP contribution is -2.38. The molecule has 7 nitrogen and oxygen atoms in total. The number of anilines is 1. The smallest absolute Gasteiger partial charge is 0.329 e. The van der Waals surface area contributed by atoms with E-state index >= 15 is 0 Å². The Labute approximate surface area is 210 Å². The minimum absolute atomic E-state index is 0.0122. The van der Waals surface area contributed by atoms with Crippen LogP contribution in [0.5, 0.6) is 5.75 Å². The molecule has 1 saturated heterocycles. The van der Waals surface area contributed by atoms with Gasteiger partial charge in [0.25, 0.3) is 5.91 Å². The molecule has 10 heteroatoms. The van der Waals surface area contributed by atoms with Gasteiger partial charge in [0, 0.05) is 0 Å². The van der Waals surface area contributed by atoms with Crippen molar-refractivity contribution in [3.05, 3.63) is 99.4 Å². The highest BCUT2D eigenvalue weighted by atomic mass is 35.5. The van der Waals surface area contributed by atoms with Gasteiger partial charge in [-0.2, -0.15) is 0 Å². The van der Waals surface area contributed by atoms with E-state index in [0.717, 1.165) is 10.5 Å². The van der Waals surface area contributed by atoms with Gasteiger partial charge in [0.2, 0.25) is 5.91 Å². The van der Waals surface area contributed by atoms with Crippen LogP contribution in [-0.2, 0) is 16.2 Å². The van der Waals surface area contributed by atoms with Crippen LogP contribution in [0.3, 0.4) is 0 Å². The summed E-state index contributed by atoms with van der Waals surface area (Å²) in [5.41, 5.74) is 1.46. The van der Waals surface area contributed by atoms with Crippen molar-refractivity contribution in [1.29, 1.82) is 0 Å². The molecule has 0 atom stereocenters. The summed E-state index contributed by atoms with van der Waals surface area (Å²) >= 11 is 11.9. The third-order valence-electron chi connectivity index (χ3n) is 4.99. The molecule has 4 amide bonds. The molecular weight excluding hydrogens is 496 g/mol. The molecule has 178 valence electrons. The van der Waals surface area contributed by atoms with E-state index in [2.05, 4.69) is 10.6 Å². The number of halogens is 3. The van der Waals surface area contributed by atoms with Crippen molar-refractivity contribution >= 4 is 52.8 Å². The molecular formula is C25H18Cl2FN3O4. The first-order valence-electron chi connectivity index (χ1n) is 10.4. The zero-order chi connectivity index (χ0) is 24.9. The average Bonchev–Trinajstić information content (AvgIpc) is 3.09. The monoisotopic (exact) mass is 513 g/mol. The normalized spacial score (nSPS) is 14.3. The summed E-state index contributed by atoms with van der Waals surface area (Å²) in [5, 5.41) is 5.69. The van der Waals surface area contributed by atoms with E-state index in [1.807, 2.05) is 6.07 Å². The summed E-state index contributed by atoms with van der Waals surface area (Å²) in [6.07, 6.45) is 1.48. The SMILES string of the molecule is O=C(CN1C(=O)N/C(=C/c2ccc(OCc3ccc(Cl)c(Cl)c3)cc2)C1=O)Nc1ccccc1F. The molecule has 35 heavy (non-hydrogen) atoms. The highest BCUT2D eigenvalue weighted by Gasteiger charge is 2.35. The Bertz CT molecular complexity index is 1330. The molecule has 0 aromatic heterocycles. The van der Waals surface area contributed by atoms with Gasteiger partial charge in [0.15, 0.2) is 0 Å². The molecule has 0 aliphatic carbocycles. The fraction of sp³-hybridized carbons (Fsp3) is 0.0800. The second kappa shape index (κ2) is 10.6. The Hall–Kier alpha value is -3.88. The zero-order valence-electron chi connectivity index (χ0n) is 18.1. The lowest BCUT2D eigenvalue weighted by atomic mass is 10.2. The standard InChI is InChI=1S/C25H18Cl2FN3O4/c26-18-10-7-16(11-19(18)27)14-35-17-8-5-15(6-9-17)12-22-24(33)31(25(34)30-22)13-23(32)29-21-4-2-1-3-20(21)28/h1-12H,13-14H2,(H,29,32)(H,30,34)/b22-12+. The molecule has 3 aromatic carbocycles. The van der Waals surface area contributed by atoms with E-state index in [-0.39, 0.29) is 18.0 Å². The number of carbonyl (C=O) groups is 3. The molecule has 3 aromatic rings. The maximum Gasteiger partial charge on any atom is 0.329 e. The fourth-order valence-corrected chi connectivity index (χ4v) is 3.55. The minimum atomic E-state index is -0.744. The number of urea groups is 1. The number of nitrogens with zero attached hydrogens (tertiary/aromatic N) is 1. The van der Waals surface area contributed by atoms with Crippen molar-refractivity contribution in [1.82, 2.24) is 10.2 Å². The lowest BCUT2D eigenvalue weighted by molar-refractivity contribution is -0.127. The summed E-state index contributed by atoms with van der Waals surface area (Å²) in [5.74, 6) is -1.41. The van der Waals surface area contributed by atoms with E-state index in [4.69, 9.17) is 27.9 Å². The Morgan fingerprint density at radius 2 is 1.77 bits per heavy atom. The number of hydrogen-bond acceptors (Lipinski definition) is 4. The first-order valence-corrected chi connectivity index (χ1v) is 11.1. The van der Waals surface area contributed by atoms with Gasteiger partial charge in [-0.1, -0.05) is 53.5 Å². The molecule has 1 heterocycles. The van der Waals surface area contributed by atoms with Crippen LogP contribution in [0, 0.1) is 5.82 Å². The van der Waals surface area contributed by atoms with Crippen LogP contribution in [-0.4, -0.2) is 29.3 Å². The maximum absolute atomic E-state index is 13.7. The second-order valence-electron chi connectivity index (χ2n) is 7.51. The van der Waals surface area contributed by atoms with Gasteiger partial charge in [-0.05, 0) is 53.6 Å². The Morgan fingerprint density at radius 1 is 1.03 bits per heavy atom. The van der Waals surface area contributed by atoms with Crippen LogP contribution in [0.15, 0.2) is 72.4 Å². The topological polar surface area (TPSA) is 87.7 Å². The van der Waals surface area contributed by atoms with Gasteiger partial charge in [-0.3, -0.25) is 9.59 Å². The van der Waals surface area contributed by atoms with E-state index in [0.29, 0.717) is 21.4 Å². The summed E-state index contributed by atoms with van der Waals surface area (Å²) < 4.78 is 19.4. The third-order valence-corrected chi connectivity index (χ3v) is 5.73. The third kappa shape index (κ3) is 5.98. The Kier molecular flexibility index (Phi) is 7.33. The van der Waals surface area contributed by atoms with Crippen LogP contribution in [0.2, 0.25) is 10.0 Å². The van der Waals surface area contributed by atoms with Crippen LogP contribution < -0.4 is 15.4 Å². The summed E-state index contributed by atoms with van der Waals surface area (Å²) in [6, 6.07) is 16.9. The van der Waals surface area contributed by atoms with Gasteiger partial charge in [-0.25, -0.2) is 14.1 Å². The van der Waals surface area contributed by atoms with Crippen molar-refractivity contribution in [2.75, 3.05) is 11.9 Å². The lowest BCUT2D eigenvalue weighted by Gasteiger charge is -2.12. The van der Waals surface area contributed by atoms with Crippen LogP contribution in [0.25, 0.3) is 6.08 Å². The number of ether oxygens (including phenoxy) is 1. The zero-order valence-corrected chi connectivity index (χ0v) is 19.6. The highest BCUT2D eigenvalue weighted by Crippen LogP contribution is 2.24. The molecule has 0 radical (unpaired) electrons. The summed E-state index contributed by atoms with van der Waals surface area (Å²) in [6.45, 7) is -0.270. The molecule has 0 bridgehead atoms. The van der Waals surface area contributed by atoms with Crippen LogP contribution in [0.1, 0.15) is 11.1 Å². The van der Waals surface area contributed by atoms with Crippen LogP contribution >= 0.6 is 23.2 Å². The molecule has 1 aliphatic heterocycles. The number of imide groups is 1. The van der Waals surface area contributed by atoms with Crippen molar-refractivity contribution in [3.63, 3.8) is 0 Å². The van der Waals surface area contributed by atoms with Gasteiger partial charge in [0.1, 0.15) is 30.4 Å². The van der Waals surface area contributed by atoms with Gasteiger partial charge < -0.3 is 15.4 Å². The van der Waals surface area contributed by atoms with Crippen LogP contribution in [0.4, 0.5) is 14.9 Å². The number of para-hydroxylation sites is 1. The molecule has 4 rings (SSSR count). The molecule has 1 aliphatic rings. The van der Waals surface area contributed by atoms with Crippen molar-refractivity contribution < 1.29 is 23.5 Å². The number of rotatable bonds is 7. The number of amides is 4. The van der Waals surface area contributed by atoms with E-state index in [1.165, 1.54) is 24.3 Å². The second-order valence-corrected chi connectivity index (χ2v) is 8.33. The predicted octanol–water partition coefficient (Wildman–Crippen LogP) is 5.24. The van der Waals surface area contributed by atoms with E-state index < -0.39 is 30.2 Å². The van der Waals surface area contributed by atoms with E-state index in [9.17, 15) is 18.8 Å². The fourth-order valence-electron chi connectivity index (χ4n) is 3.23. The quantitative estimate of drug-likeness (QED) is 0.334. The summed E-state index contributed by atoms with van der Waals surface area (Å²) in [4.78, 5) is 37.8. The highest BCUT2D eigenvalue weighted by molar-refractivity contribution is 6.42. The average molecular weight is 514 g/mol. The number of hydrogen-bond donors (Lipinski definition) is 2. The largest absolute Gasteiger partial charge is 0.489 e. The van der Waals surface area contributed by atoms with Gasteiger partial charge in [-0.15, -0.1) is 0 Å². The summed E-state index contributed by atoms with van der Waals surface area (Å²) in [7, 11) is 0. The number of nitrogens with one attached hydrogen (secondary N) is 2. The molecule has 0 spiro atoms. The van der Waals surface area contributed by atoms with Crippen molar-refractivity contribution in [2.24, 2.45) is 0 Å². The Balaban J connectivity index is 1.36. The maximum atomic E-state index is 13.7. The number of carbonyl (C=O) groups excluding carboxylic acids is 3. The molecule has 1 fully saturated rings. The Morgan fingerprint density at radius 3 is 2.49 bits per heavy atom. The minimum Gasteiger partial charge on any atom is -0.489 e. The van der Waals surface area contributed by atoms with Crippen molar-refractivity contribution in [3.8, 4) is 5.75 Å². The first-order chi connectivity index (χ1) is 16.8. The van der Waals surface area contributed by atoms with Crippen molar-refractivity contribution in [2.45, 2.75) is 6.61 Å². The van der Waals surface area contributed by atoms with Gasteiger partial charge >= 0.3 is 6.03 Å². The predicted molar refractivity (Wildman–Crippen MR) is 130 cm³/mol. The molecule has 2 N–H and O–H groups in total. The van der Waals surface area contributed by atoms with Gasteiger partial charge in [0.05, 0.1) is 15.7 Å². The molecule has 0 saturated carbocycles.